The summed E-state index contributed by atoms with van der Waals surface area (Å²) >= 11 is 5.72. The highest BCUT2D eigenvalue weighted by Crippen LogP contribution is 2.28. The van der Waals surface area contributed by atoms with Crippen LogP contribution >= 0.6 is 11.6 Å². The van der Waals surface area contributed by atoms with Crippen LogP contribution in [0.1, 0.15) is 31.1 Å². The molecule has 0 saturated heterocycles. The average Bonchev–Trinajstić information content (AvgIpc) is 2.18. The Labute approximate surface area is 114 Å². The van der Waals surface area contributed by atoms with Gasteiger partial charge in [-0.1, -0.05) is 11.6 Å². The van der Waals surface area contributed by atoms with E-state index < -0.39 is 29.0 Å². The Bertz CT molecular complexity index is 525. The number of anilines is 1. The normalized spacial score (nSPS) is 11.0. The van der Waals surface area contributed by atoms with Crippen molar-refractivity contribution in [2.75, 3.05) is 5.32 Å². The molecule has 1 amide bonds. The highest BCUT2D eigenvalue weighted by Gasteiger charge is 2.21. The average molecular weight is 290 g/mol. The Hall–Kier alpha value is -1.82. The number of hydrogen-bond acceptors (Lipinski definition) is 3. The molecule has 7 heteroatoms. The first-order valence-electron chi connectivity index (χ1n) is 5.32. The first-order chi connectivity index (χ1) is 8.60. The minimum absolute atomic E-state index is 0.204. The highest BCUT2D eigenvalue weighted by atomic mass is 35.5. The van der Waals surface area contributed by atoms with Crippen LogP contribution in [0.5, 0.6) is 0 Å². The zero-order chi connectivity index (χ0) is 14.8. The molecule has 0 radical (unpaired) electrons. The third-order valence-corrected chi connectivity index (χ3v) is 2.21. The third kappa shape index (κ3) is 4.40. The van der Waals surface area contributed by atoms with Gasteiger partial charge in [-0.15, -0.1) is 0 Å². The predicted octanol–water partition coefficient (Wildman–Crippen LogP) is 3.52. The van der Waals surface area contributed by atoms with Gasteiger partial charge in [0, 0.05) is 0 Å². The van der Waals surface area contributed by atoms with Crippen molar-refractivity contribution in [3.63, 3.8) is 0 Å². The third-order valence-electron chi connectivity index (χ3n) is 1.91. The van der Waals surface area contributed by atoms with Crippen LogP contribution in [0.4, 0.5) is 14.9 Å². The summed E-state index contributed by atoms with van der Waals surface area (Å²) in [5.41, 5.74) is -1.40. The summed E-state index contributed by atoms with van der Waals surface area (Å²) < 4.78 is 18.1. The molecule has 0 heterocycles. The number of hydrogen-bond donors (Lipinski definition) is 2. The van der Waals surface area contributed by atoms with Gasteiger partial charge in [-0.25, -0.2) is 14.0 Å². The molecule has 0 aliphatic rings. The molecule has 0 atom stereocenters. The Kier molecular flexibility index (Phi) is 4.36. The van der Waals surface area contributed by atoms with Crippen molar-refractivity contribution in [3.8, 4) is 0 Å². The molecule has 1 aromatic rings. The monoisotopic (exact) mass is 289 g/mol. The summed E-state index contributed by atoms with van der Waals surface area (Å²) in [6.45, 7) is 4.95. The van der Waals surface area contributed by atoms with Gasteiger partial charge in [0.1, 0.15) is 11.4 Å². The fourth-order valence-corrected chi connectivity index (χ4v) is 1.53. The number of carbonyl (C=O) groups excluding carboxylic acids is 1. The van der Waals surface area contributed by atoms with Gasteiger partial charge in [-0.2, -0.15) is 0 Å². The van der Waals surface area contributed by atoms with Crippen LogP contribution in [-0.4, -0.2) is 22.8 Å². The number of nitrogens with one attached hydrogen (secondary N) is 1. The zero-order valence-electron chi connectivity index (χ0n) is 10.6. The van der Waals surface area contributed by atoms with Crippen molar-refractivity contribution in [1.82, 2.24) is 0 Å². The van der Waals surface area contributed by atoms with Crippen molar-refractivity contribution in [1.29, 1.82) is 0 Å². The van der Waals surface area contributed by atoms with E-state index in [1.807, 2.05) is 0 Å². The van der Waals surface area contributed by atoms with Gasteiger partial charge < -0.3 is 9.84 Å². The molecular formula is C12H13ClFNO4. The van der Waals surface area contributed by atoms with E-state index in [2.05, 4.69) is 5.32 Å². The lowest BCUT2D eigenvalue weighted by atomic mass is 10.1. The van der Waals surface area contributed by atoms with Crippen LogP contribution in [0, 0.1) is 5.82 Å². The van der Waals surface area contributed by atoms with Crippen molar-refractivity contribution in [2.24, 2.45) is 0 Å². The fourth-order valence-electron chi connectivity index (χ4n) is 1.27. The van der Waals surface area contributed by atoms with Gasteiger partial charge in [0.2, 0.25) is 0 Å². The van der Waals surface area contributed by atoms with E-state index in [-0.39, 0.29) is 10.7 Å². The van der Waals surface area contributed by atoms with Crippen LogP contribution in [0.25, 0.3) is 0 Å². The van der Waals surface area contributed by atoms with E-state index in [1.54, 1.807) is 20.8 Å². The lowest BCUT2D eigenvalue weighted by Crippen LogP contribution is -2.28. The van der Waals surface area contributed by atoms with Crippen molar-refractivity contribution < 1.29 is 23.8 Å². The largest absolute Gasteiger partial charge is 0.478 e. The molecule has 1 rings (SSSR count). The number of benzene rings is 1. The molecule has 0 unspecified atom stereocenters. The number of ether oxygens (including phenoxy) is 1. The Morgan fingerprint density at radius 2 is 1.95 bits per heavy atom. The number of carboxylic acid groups (broad SMARTS) is 1. The molecule has 2 N–H and O–H groups in total. The zero-order valence-corrected chi connectivity index (χ0v) is 11.3. The molecule has 0 fully saturated rings. The Morgan fingerprint density at radius 3 is 2.42 bits per heavy atom. The van der Waals surface area contributed by atoms with Gasteiger partial charge in [0.05, 0.1) is 16.3 Å². The van der Waals surface area contributed by atoms with E-state index in [1.165, 1.54) is 0 Å². The second kappa shape index (κ2) is 5.44. The minimum Gasteiger partial charge on any atom is -0.478 e. The topological polar surface area (TPSA) is 75.6 Å². The van der Waals surface area contributed by atoms with Gasteiger partial charge >= 0.3 is 12.1 Å². The van der Waals surface area contributed by atoms with Gasteiger partial charge in [-0.05, 0) is 32.9 Å². The SMILES string of the molecule is CC(C)(C)OC(=O)Nc1c(Cl)cc(F)cc1C(=O)O. The van der Waals surface area contributed by atoms with Crippen molar-refractivity contribution >= 4 is 29.4 Å². The number of carbonyl (C=O) groups is 2. The second-order valence-corrected chi connectivity index (χ2v) is 5.15. The van der Waals surface area contributed by atoms with Crippen molar-refractivity contribution in [3.05, 3.63) is 28.5 Å². The van der Waals surface area contributed by atoms with E-state index in [4.69, 9.17) is 21.4 Å². The quantitative estimate of drug-likeness (QED) is 0.873. The number of rotatable bonds is 2. The van der Waals surface area contributed by atoms with Crippen LogP contribution < -0.4 is 5.32 Å². The van der Waals surface area contributed by atoms with E-state index in [0.717, 1.165) is 12.1 Å². The van der Waals surface area contributed by atoms with E-state index >= 15 is 0 Å². The van der Waals surface area contributed by atoms with Crippen molar-refractivity contribution in [2.45, 2.75) is 26.4 Å². The Morgan fingerprint density at radius 1 is 1.37 bits per heavy atom. The molecule has 5 nitrogen and oxygen atoms in total. The van der Waals surface area contributed by atoms with Crippen LogP contribution in [0.15, 0.2) is 12.1 Å². The number of carboxylic acids is 1. The maximum absolute atomic E-state index is 13.1. The molecule has 0 aliphatic carbocycles. The minimum atomic E-state index is -1.41. The van der Waals surface area contributed by atoms with E-state index in [0.29, 0.717) is 0 Å². The first kappa shape index (κ1) is 15.2. The summed E-state index contributed by atoms with van der Waals surface area (Å²) in [4.78, 5) is 22.5. The van der Waals surface area contributed by atoms with E-state index in [9.17, 15) is 14.0 Å². The van der Waals surface area contributed by atoms with Gasteiger partial charge in [0.15, 0.2) is 0 Å². The molecule has 0 spiro atoms. The molecular weight excluding hydrogens is 277 g/mol. The summed E-state index contributed by atoms with van der Waals surface area (Å²) in [7, 11) is 0. The molecule has 19 heavy (non-hydrogen) atoms. The van der Waals surface area contributed by atoms with Crippen LogP contribution in [0.2, 0.25) is 5.02 Å². The predicted molar refractivity (Wildman–Crippen MR) is 68.2 cm³/mol. The van der Waals surface area contributed by atoms with Crippen LogP contribution in [0.3, 0.4) is 0 Å². The standard InChI is InChI=1S/C12H13ClFNO4/c1-12(2,3)19-11(18)15-9-7(10(16)17)4-6(14)5-8(9)13/h4-5H,1-3H3,(H,15,18)(H,16,17). The maximum atomic E-state index is 13.1. The molecule has 0 saturated carbocycles. The lowest BCUT2D eigenvalue weighted by Gasteiger charge is -2.20. The molecule has 1 aromatic carbocycles. The summed E-state index contributed by atoms with van der Waals surface area (Å²) in [5, 5.41) is 10.9. The molecule has 0 aromatic heterocycles. The number of halogens is 2. The first-order valence-corrected chi connectivity index (χ1v) is 5.70. The number of aromatic carboxylic acids is 1. The maximum Gasteiger partial charge on any atom is 0.412 e. The molecule has 0 aliphatic heterocycles. The molecule has 104 valence electrons. The smallest absolute Gasteiger partial charge is 0.412 e. The second-order valence-electron chi connectivity index (χ2n) is 4.74. The van der Waals surface area contributed by atoms with Gasteiger partial charge in [-0.3, -0.25) is 5.32 Å². The lowest BCUT2D eigenvalue weighted by molar-refractivity contribution is 0.0636. The van der Waals surface area contributed by atoms with Gasteiger partial charge in [0.25, 0.3) is 0 Å². The molecule has 0 bridgehead atoms. The fraction of sp³-hybridized carbons (Fsp3) is 0.333. The number of amides is 1. The Balaban J connectivity index is 3.07. The summed E-state index contributed by atoms with van der Waals surface area (Å²) in [6, 6.07) is 1.67. The summed E-state index contributed by atoms with van der Waals surface area (Å²) in [5.74, 6) is -2.22. The summed E-state index contributed by atoms with van der Waals surface area (Å²) in [6.07, 6.45) is -0.872. The highest BCUT2D eigenvalue weighted by molar-refractivity contribution is 6.34. The van der Waals surface area contributed by atoms with Crippen LogP contribution in [-0.2, 0) is 4.74 Å².